The zero-order valence-corrected chi connectivity index (χ0v) is 16.9. The highest BCUT2D eigenvalue weighted by Gasteiger charge is 2.29. The minimum atomic E-state index is 0.676. The first-order chi connectivity index (χ1) is 12.6. The minimum Gasteiger partial charge on any atom is -0.0998 e. The summed E-state index contributed by atoms with van der Waals surface area (Å²) < 4.78 is 0. The number of allylic oxidation sites excluding steroid dienone is 2. The van der Waals surface area contributed by atoms with Gasteiger partial charge in [0.15, 0.2) is 0 Å². The van der Waals surface area contributed by atoms with Gasteiger partial charge in [0.1, 0.15) is 0 Å². The third-order valence-electron chi connectivity index (χ3n) is 6.98. The maximum absolute atomic E-state index is 4.53. The van der Waals surface area contributed by atoms with Crippen LogP contribution in [-0.4, -0.2) is 0 Å². The molecule has 2 atom stereocenters. The van der Waals surface area contributed by atoms with Crippen LogP contribution in [0.3, 0.4) is 0 Å². The Morgan fingerprint density at radius 1 is 0.885 bits per heavy atom. The molecule has 0 heterocycles. The van der Waals surface area contributed by atoms with Crippen molar-refractivity contribution >= 4 is 0 Å². The second-order valence-electron chi connectivity index (χ2n) is 9.05. The van der Waals surface area contributed by atoms with E-state index in [-0.39, 0.29) is 0 Å². The number of hydrogen-bond acceptors (Lipinski definition) is 0. The van der Waals surface area contributed by atoms with Crippen molar-refractivity contribution < 1.29 is 0 Å². The fraction of sp³-hybridized carbons (Fsp3) is 0.615. The molecule has 1 aromatic rings. The van der Waals surface area contributed by atoms with Crippen LogP contribution in [0.1, 0.15) is 81.8 Å². The Bertz CT molecular complexity index is 600. The van der Waals surface area contributed by atoms with Crippen LogP contribution in [0.2, 0.25) is 0 Å². The van der Waals surface area contributed by atoms with E-state index in [0.29, 0.717) is 11.8 Å². The van der Waals surface area contributed by atoms with Gasteiger partial charge < -0.3 is 0 Å². The lowest BCUT2D eigenvalue weighted by atomic mass is 9.83. The molecule has 0 nitrogen and oxygen atoms in total. The van der Waals surface area contributed by atoms with Crippen molar-refractivity contribution in [3.05, 3.63) is 59.7 Å². The summed E-state index contributed by atoms with van der Waals surface area (Å²) in [6, 6.07) is 8.85. The van der Waals surface area contributed by atoms with Crippen LogP contribution in [0, 0.1) is 24.7 Å². The summed E-state index contributed by atoms with van der Waals surface area (Å²) in [5.74, 6) is 2.26. The summed E-state index contributed by atoms with van der Waals surface area (Å²) in [6.07, 6.45) is 16.4. The zero-order chi connectivity index (χ0) is 18.4. The van der Waals surface area contributed by atoms with E-state index >= 15 is 0 Å². The molecule has 142 valence electrons. The SMILES string of the molecule is C=C(CC1CCCCCCC1)CC1CCC(Cc2ccccc2C)C1=C. The van der Waals surface area contributed by atoms with Gasteiger partial charge in [-0.05, 0) is 67.9 Å². The molecule has 2 unspecified atom stereocenters. The van der Waals surface area contributed by atoms with E-state index < -0.39 is 0 Å². The summed E-state index contributed by atoms with van der Waals surface area (Å²) in [4.78, 5) is 0. The Morgan fingerprint density at radius 2 is 1.54 bits per heavy atom. The summed E-state index contributed by atoms with van der Waals surface area (Å²) in [6.45, 7) is 11.2. The Kier molecular flexibility index (Phi) is 7.17. The van der Waals surface area contributed by atoms with E-state index in [0.717, 1.165) is 5.92 Å². The molecule has 0 N–H and O–H groups in total. The summed E-state index contributed by atoms with van der Waals surface area (Å²) in [5, 5.41) is 0. The number of rotatable bonds is 6. The number of hydrogen-bond donors (Lipinski definition) is 0. The van der Waals surface area contributed by atoms with Gasteiger partial charge in [-0.3, -0.25) is 0 Å². The van der Waals surface area contributed by atoms with Crippen molar-refractivity contribution in [3.63, 3.8) is 0 Å². The second kappa shape index (κ2) is 9.58. The Hall–Kier alpha value is -1.30. The normalized spacial score (nSPS) is 25.0. The van der Waals surface area contributed by atoms with E-state index in [9.17, 15) is 0 Å². The molecule has 26 heavy (non-hydrogen) atoms. The Labute approximate surface area is 161 Å². The van der Waals surface area contributed by atoms with Gasteiger partial charge in [0.05, 0.1) is 0 Å². The number of benzene rings is 1. The van der Waals surface area contributed by atoms with Gasteiger partial charge in [0.2, 0.25) is 0 Å². The molecule has 0 heteroatoms. The van der Waals surface area contributed by atoms with Crippen LogP contribution in [0.15, 0.2) is 48.6 Å². The molecular formula is C26H38. The summed E-state index contributed by atoms with van der Waals surface area (Å²) in [7, 11) is 0. The Morgan fingerprint density at radius 3 is 2.27 bits per heavy atom. The first-order valence-corrected chi connectivity index (χ1v) is 11.0. The zero-order valence-electron chi connectivity index (χ0n) is 16.9. The molecule has 2 aliphatic carbocycles. The third kappa shape index (κ3) is 5.35. The van der Waals surface area contributed by atoms with Gasteiger partial charge in [0, 0.05) is 0 Å². The van der Waals surface area contributed by atoms with E-state index in [2.05, 4.69) is 44.3 Å². The molecule has 0 radical (unpaired) electrons. The molecule has 1 aromatic carbocycles. The number of aryl methyl sites for hydroxylation is 1. The average Bonchev–Trinajstić information content (AvgIpc) is 2.92. The van der Waals surface area contributed by atoms with Gasteiger partial charge >= 0.3 is 0 Å². The quantitative estimate of drug-likeness (QED) is 0.459. The predicted molar refractivity (Wildman–Crippen MR) is 114 cm³/mol. The smallest absolute Gasteiger partial charge is 0.0162 e. The topological polar surface area (TPSA) is 0 Å². The van der Waals surface area contributed by atoms with Gasteiger partial charge in [0.25, 0.3) is 0 Å². The summed E-state index contributed by atoms with van der Waals surface area (Å²) >= 11 is 0. The lowest BCUT2D eigenvalue weighted by Gasteiger charge is -2.22. The molecule has 0 spiro atoms. The first-order valence-electron chi connectivity index (χ1n) is 11.0. The highest BCUT2D eigenvalue weighted by molar-refractivity contribution is 5.28. The fourth-order valence-corrected chi connectivity index (χ4v) is 5.26. The third-order valence-corrected chi connectivity index (χ3v) is 6.98. The van der Waals surface area contributed by atoms with Crippen LogP contribution in [0.25, 0.3) is 0 Å². The average molecular weight is 351 g/mol. The van der Waals surface area contributed by atoms with Crippen molar-refractivity contribution in [2.24, 2.45) is 17.8 Å². The van der Waals surface area contributed by atoms with Crippen molar-refractivity contribution in [3.8, 4) is 0 Å². The lowest BCUT2D eigenvalue weighted by Crippen LogP contribution is -2.09. The van der Waals surface area contributed by atoms with Gasteiger partial charge in [-0.25, -0.2) is 0 Å². The monoisotopic (exact) mass is 350 g/mol. The van der Waals surface area contributed by atoms with E-state index in [1.54, 1.807) is 0 Å². The molecule has 2 aliphatic rings. The second-order valence-corrected chi connectivity index (χ2v) is 9.05. The maximum atomic E-state index is 4.53. The predicted octanol–water partition coefficient (Wildman–Crippen LogP) is 7.82. The highest BCUT2D eigenvalue weighted by Crippen LogP contribution is 2.42. The molecular weight excluding hydrogens is 312 g/mol. The molecule has 0 bridgehead atoms. The molecule has 2 fully saturated rings. The molecule has 0 amide bonds. The molecule has 0 aromatic heterocycles. The molecule has 0 aliphatic heterocycles. The maximum Gasteiger partial charge on any atom is -0.0162 e. The van der Waals surface area contributed by atoms with Crippen LogP contribution in [0.5, 0.6) is 0 Å². The van der Waals surface area contributed by atoms with Crippen molar-refractivity contribution in [1.29, 1.82) is 0 Å². The van der Waals surface area contributed by atoms with E-state index in [4.69, 9.17) is 0 Å². The Balaban J connectivity index is 1.48. The fourth-order valence-electron chi connectivity index (χ4n) is 5.26. The molecule has 2 saturated carbocycles. The van der Waals surface area contributed by atoms with E-state index in [1.807, 2.05) is 0 Å². The van der Waals surface area contributed by atoms with Crippen molar-refractivity contribution in [1.82, 2.24) is 0 Å². The van der Waals surface area contributed by atoms with Crippen molar-refractivity contribution in [2.45, 2.75) is 84.0 Å². The lowest BCUT2D eigenvalue weighted by molar-refractivity contribution is 0.370. The van der Waals surface area contributed by atoms with Crippen LogP contribution < -0.4 is 0 Å². The van der Waals surface area contributed by atoms with Crippen molar-refractivity contribution in [2.75, 3.05) is 0 Å². The van der Waals surface area contributed by atoms with Gasteiger partial charge in [-0.15, -0.1) is 0 Å². The van der Waals surface area contributed by atoms with Crippen LogP contribution in [-0.2, 0) is 6.42 Å². The van der Waals surface area contributed by atoms with Crippen LogP contribution in [0.4, 0.5) is 0 Å². The van der Waals surface area contributed by atoms with Crippen LogP contribution >= 0.6 is 0 Å². The highest BCUT2D eigenvalue weighted by atomic mass is 14.3. The molecule has 0 saturated heterocycles. The standard InChI is InChI=1S/C26H38/c1-20(17-23-12-7-5-4-6-8-13-23)18-25-15-16-26(22(25)3)19-24-14-10-9-11-21(24)2/h9-11,14,23,25-26H,1,3-8,12-13,15-19H2,2H3. The van der Waals surface area contributed by atoms with Gasteiger partial charge in [-0.2, -0.15) is 0 Å². The minimum absolute atomic E-state index is 0.676. The van der Waals surface area contributed by atoms with Gasteiger partial charge in [-0.1, -0.05) is 93.5 Å². The molecule has 3 rings (SSSR count). The largest absolute Gasteiger partial charge is 0.0998 e. The summed E-state index contributed by atoms with van der Waals surface area (Å²) in [5.41, 5.74) is 5.94. The van der Waals surface area contributed by atoms with E-state index in [1.165, 1.54) is 99.3 Å². The first kappa shape index (κ1) is 19.5.